The summed E-state index contributed by atoms with van der Waals surface area (Å²) >= 11 is 0. The highest BCUT2D eigenvalue weighted by Gasteiger charge is 2.24. The quantitative estimate of drug-likeness (QED) is 0.662. The minimum atomic E-state index is -1.11. The van der Waals surface area contributed by atoms with Gasteiger partial charge < -0.3 is 10.4 Å². The molecule has 0 saturated heterocycles. The lowest BCUT2D eigenvalue weighted by Crippen LogP contribution is -2.44. The second-order valence-electron chi connectivity index (χ2n) is 3.84. The summed E-state index contributed by atoms with van der Waals surface area (Å²) in [6, 6.07) is 1.39. The third kappa shape index (κ3) is 3.40. The SMILES string of the molecule is CC(C)[C@H](NC(=O)c1ccc(=O)[nH]n1)C(=O)O. The first-order chi connectivity index (χ1) is 7.91. The van der Waals surface area contributed by atoms with Crippen LogP contribution in [0.1, 0.15) is 24.3 Å². The maximum Gasteiger partial charge on any atom is 0.326 e. The lowest BCUT2D eigenvalue weighted by Gasteiger charge is -2.17. The number of nitrogens with one attached hydrogen (secondary N) is 2. The number of amides is 1. The summed E-state index contributed by atoms with van der Waals surface area (Å²) in [6.45, 7) is 3.36. The van der Waals surface area contributed by atoms with Gasteiger partial charge in [0.2, 0.25) is 0 Å². The van der Waals surface area contributed by atoms with Crippen LogP contribution in [0, 0.1) is 5.92 Å². The summed E-state index contributed by atoms with van der Waals surface area (Å²) in [5, 5.41) is 16.8. The van der Waals surface area contributed by atoms with Crippen molar-refractivity contribution in [3.8, 4) is 0 Å². The first-order valence-corrected chi connectivity index (χ1v) is 5.01. The number of aliphatic carboxylic acids is 1. The monoisotopic (exact) mass is 239 g/mol. The number of carbonyl (C=O) groups excluding carboxylic acids is 1. The Kier molecular flexibility index (Phi) is 3.97. The average molecular weight is 239 g/mol. The lowest BCUT2D eigenvalue weighted by atomic mass is 10.0. The smallest absolute Gasteiger partial charge is 0.326 e. The fourth-order valence-electron chi connectivity index (χ4n) is 1.20. The molecule has 3 N–H and O–H groups in total. The van der Waals surface area contributed by atoms with E-state index >= 15 is 0 Å². The molecule has 1 heterocycles. The average Bonchev–Trinajstić information content (AvgIpc) is 2.25. The largest absolute Gasteiger partial charge is 0.480 e. The summed E-state index contributed by atoms with van der Waals surface area (Å²) < 4.78 is 0. The number of nitrogens with zero attached hydrogens (tertiary/aromatic N) is 1. The molecule has 1 atom stereocenters. The molecule has 7 heteroatoms. The van der Waals surface area contributed by atoms with Crippen molar-refractivity contribution in [3.63, 3.8) is 0 Å². The van der Waals surface area contributed by atoms with Crippen molar-refractivity contribution in [2.24, 2.45) is 5.92 Å². The van der Waals surface area contributed by atoms with Gasteiger partial charge in [-0.05, 0) is 12.0 Å². The molecule has 17 heavy (non-hydrogen) atoms. The minimum Gasteiger partial charge on any atom is -0.480 e. The molecule has 92 valence electrons. The van der Waals surface area contributed by atoms with Gasteiger partial charge in [0.05, 0.1) is 0 Å². The fourth-order valence-corrected chi connectivity index (χ4v) is 1.20. The fraction of sp³-hybridized carbons (Fsp3) is 0.400. The van der Waals surface area contributed by atoms with Gasteiger partial charge in [0.25, 0.3) is 11.5 Å². The van der Waals surface area contributed by atoms with Crippen LogP contribution in [0.3, 0.4) is 0 Å². The summed E-state index contributed by atoms with van der Waals surface area (Å²) in [5.74, 6) is -2.00. The van der Waals surface area contributed by atoms with Crippen molar-refractivity contribution in [3.05, 3.63) is 28.2 Å². The van der Waals surface area contributed by atoms with Crippen molar-refractivity contribution in [1.29, 1.82) is 0 Å². The predicted octanol–water partition coefficient (Wildman–Crippen LogP) is -0.391. The molecule has 0 aliphatic heterocycles. The number of aromatic nitrogens is 2. The standard InChI is InChI=1S/C10H13N3O4/c1-5(2)8(10(16)17)11-9(15)6-3-4-7(14)13-12-6/h3-5,8H,1-2H3,(H,11,15)(H,13,14)(H,16,17)/t8-/m0/s1. The summed E-state index contributed by atoms with van der Waals surface area (Å²) in [7, 11) is 0. The zero-order valence-electron chi connectivity index (χ0n) is 9.43. The van der Waals surface area contributed by atoms with Crippen molar-refractivity contribution < 1.29 is 14.7 Å². The molecule has 1 aromatic heterocycles. The van der Waals surface area contributed by atoms with Crippen molar-refractivity contribution in [2.45, 2.75) is 19.9 Å². The van der Waals surface area contributed by atoms with E-state index < -0.39 is 23.5 Å². The van der Waals surface area contributed by atoms with Crippen LogP contribution in [0.2, 0.25) is 0 Å². The Morgan fingerprint density at radius 1 is 1.41 bits per heavy atom. The Labute approximate surface area is 96.9 Å². The third-order valence-electron chi connectivity index (χ3n) is 2.13. The van der Waals surface area contributed by atoms with E-state index in [0.717, 1.165) is 6.07 Å². The van der Waals surface area contributed by atoms with Crippen LogP contribution in [0.15, 0.2) is 16.9 Å². The van der Waals surface area contributed by atoms with E-state index in [2.05, 4.69) is 15.5 Å². The lowest BCUT2D eigenvalue weighted by molar-refractivity contribution is -0.140. The van der Waals surface area contributed by atoms with Crippen LogP contribution < -0.4 is 10.9 Å². The minimum absolute atomic E-state index is 0.0310. The third-order valence-corrected chi connectivity index (χ3v) is 2.13. The zero-order valence-corrected chi connectivity index (χ0v) is 9.43. The summed E-state index contributed by atoms with van der Waals surface area (Å²) in [6.07, 6.45) is 0. The van der Waals surface area contributed by atoms with E-state index in [-0.39, 0.29) is 11.6 Å². The molecular weight excluding hydrogens is 226 g/mol. The number of carboxylic acid groups (broad SMARTS) is 1. The molecule has 1 rings (SSSR count). The number of aromatic amines is 1. The number of rotatable bonds is 4. The highest BCUT2D eigenvalue weighted by Crippen LogP contribution is 2.02. The predicted molar refractivity (Wildman–Crippen MR) is 58.6 cm³/mol. The topological polar surface area (TPSA) is 112 Å². The van der Waals surface area contributed by atoms with Gasteiger partial charge in [-0.15, -0.1) is 0 Å². The molecule has 0 saturated carbocycles. The van der Waals surface area contributed by atoms with Gasteiger partial charge in [0, 0.05) is 6.07 Å². The molecule has 0 bridgehead atoms. The first-order valence-electron chi connectivity index (χ1n) is 5.01. The van der Waals surface area contributed by atoms with E-state index in [1.54, 1.807) is 13.8 Å². The molecule has 0 unspecified atom stereocenters. The Hall–Kier alpha value is -2.18. The van der Waals surface area contributed by atoms with Gasteiger partial charge in [-0.2, -0.15) is 5.10 Å². The van der Waals surface area contributed by atoms with Crippen LogP contribution in [0.4, 0.5) is 0 Å². The Bertz CT molecular complexity index is 460. The van der Waals surface area contributed by atoms with Crippen molar-refractivity contribution in [1.82, 2.24) is 15.5 Å². The van der Waals surface area contributed by atoms with E-state index in [1.807, 2.05) is 0 Å². The molecule has 0 radical (unpaired) electrons. The van der Waals surface area contributed by atoms with Crippen LogP contribution >= 0.6 is 0 Å². The number of hydrogen-bond acceptors (Lipinski definition) is 4. The molecule has 1 amide bonds. The maximum atomic E-state index is 11.6. The normalized spacial score (nSPS) is 12.2. The van der Waals surface area contributed by atoms with Gasteiger partial charge >= 0.3 is 5.97 Å². The molecule has 0 aliphatic rings. The Morgan fingerprint density at radius 3 is 2.47 bits per heavy atom. The van der Waals surface area contributed by atoms with Gasteiger partial charge in [-0.3, -0.25) is 9.59 Å². The van der Waals surface area contributed by atoms with Crippen molar-refractivity contribution >= 4 is 11.9 Å². The Balaban J connectivity index is 2.81. The zero-order chi connectivity index (χ0) is 13.0. The Morgan fingerprint density at radius 2 is 2.06 bits per heavy atom. The summed E-state index contributed by atoms with van der Waals surface area (Å²) in [4.78, 5) is 33.2. The van der Waals surface area contributed by atoms with E-state index in [1.165, 1.54) is 6.07 Å². The molecule has 0 fully saturated rings. The first kappa shape index (κ1) is 12.9. The maximum absolute atomic E-state index is 11.6. The highest BCUT2D eigenvalue weighted by molar-refractivity contribution is 5.94. The molecule has 0 spiro atoms. The second-order valence-corrected chi connectivity index (χ2v) is 3.84. The molecule has 0 aromatic carbocycles. The highest BCUT2D eigenvalue weighted by atomic mass is 16.4. The van der Waals surface area contributed by atoms with Crippen LogP contribution in [-0.2, 0) is 4.79 Å². The van der Waals surface area contributed by atoms with Gasteiger partial charge in [-0.25, -0.2) is 9.89 Å². The molecular formula is C10H13N3O4. The molecule has 7 nitrogen and oxygen atoms in total. The van der Waals surface area contributed by atoms with E-state index in [0.29, 0.717) is 0 Å². The van der Waals surface area contributed by atoms with E-state index in [9.17, 15) is 14.4 Å². The number of hydrogen-bond donors (Lipinski definition) is 3. The number of carboxylic acids is 1. The van der Waals surface area contributed by atoms with Gasteiger partial charge in [-0.1, -0.05) is 13.8 Å². The van der Waals surface area contributed by atoms with Crippen LogP contribution in [-0.4, -0.2) is 33.2 Å². The summed E-state index contributed by atoms with van der Waals surface area (Å²) in [5.41, 5.74) is -0.461. The molecule has 1 aromatic rings. The number of H-pyrrole nitrogens is 1. The number of carbonyl (C=O) groups is 2. The van der Waals surface area contributed by atoms with Crippen molar-refractivity contribution in [2.75, 3.05) is 0 Å². The van der Waals surface area contributed by atoms with Gasteiger partial charge in [0.1, 0.15) is 11.7 Å². The van der Waals surface area contributed by atoms with Gasteiger partial charge in [0.15, 0.2) is 0 Å². The second kappa shape index (κ2) is 5.24. The van der Waals surface area contributed by atoms with Crippen LogP contribution in [0.25, 0.3) is 0 Å². The molecule has 0 aliphatic carbocycles. The van der Waals surface area contributed by atoms with Crippen LogP contribution in [0.5, 0.6) is 0 Å². The van der Waals surface area contributed by atoms with E-state index in [4.69, 9.17) is 5.11 Å².